The third kappa shape index (κ3) is 4.97. The molecule has 0 aliphatic carbocycles. The standard InChI is InChI=1S/C16H27N3O2S/c1-12(4-3-8-20)18-16(21)17-10-13(2)19-7-5-15-14(11-19)6-9-22-15/h6,9,12-13,20H,3-5,7-8,10-11H2,1-2H3,(H2,17,18,21). The van der Waals surface area contributed by atoms with E-state index in [4.69, 9.17) is 5.11 Å². The van der Waals surface area contributed by atoms with Crippen LogP contribution in [-0.2, 0) is 13.0 Å². The summed E-state index contributed by atoms with van der Waals surface area (Å²) < 4.78 is 0. The second-order valence-corrected chi connectivity index (χ2v) is 7.06. The van der Waals surface area contributed by atoms with E-state index in [2.05, 4.69) is 33.9 Å². The predicted octanol–water partition coefficient (Wildman–Crippen LogP) is 1.95. The molecule has 2 amide bonds. The van der Waals surface area contributed by atoms with Gasteiger partial charge in [-0.1, -0.05) is 0 Å². The third-order valence-electron chi connectivity index (χ3n) is 4.19. The number of carbonyl (C=O) groups excluding carboxylic acids is 1. The van der Waals surface area contributed by atoms with Crippen LogP contribution in [0.15, 0.2) is 11.4 Å². The second kappa shape index (κ2) is 8.50. The molecule has 124 valence electrons. The highest BCUT2D eigenvalue weighted by atomic mass is 32.1. The number of hydrogen-bond donors (Lipinski definition) is 3. The molecule has 1 aromatic rings. The SMILES string of the molecule is CC(CCCO)NC(=O)NCC(C)N1CCc2sccc2C1. The highest BCUT2D eigenvalue weighted by Crippen LogP contribution is 2.24. The summed E-state index contributed by atoms with van der Waals surface area (Å²) in [5.74, 6) is 0. The van der Waals surface area contributed by atoms with E-state index in [9.17, 15) is 4.79 Å². The molecule has 0 bridgehead atoms. The van der Waals surface area contributed by atoms with E-state index in [-0.39, 0.29) is 18.7 Å². The number of nitrogens with one attached hydrogen (secondary N) is 2. The monoisotopic (exact) mass is 325 g/mol. The zero-order chi connectivity index (χ0) is 15.9. The lowest BCUT2D eigenvalue weighted by atomic mass is 10.1. The first-order chi connectivity index (χ1) is 10.6. The fraction of sp³-hybridized carbons (Fsp3) is 0.688. The first kappa shape index (κ1) is 17.2. The lowest BCUT2D eigenvalue weighted by molar-refractivity contribution is 0.185. The van der Waals surface area contributed by atoms with Crippen molar-refractivity contribution in [2.75, 3.05) is 19.7 Å². The summed E-state index contributed by atoms with van der Waals surface area (Å²) in [6.07, 6.45) is 2.63. The zero-order valence-corrected chi connectivity index (χ0v) is 14.3. The topological polar surface area (TPSA) is 64.6 Å². The van der Waals surface area contributed by atoms with Gasteiger partial charge in [0.2, 0.25) is 0 Å². The van der Waals surface area contributed by atoms with Crippen molar-refractivity contribution in [3.05, 3.63) is 21.9 Å². The average Bonchev–Trinajstić information content (AvgIpc) is 2.98. The van der Waals surface area contributed by atoms with Gasteiger partial charge in [-0.25, -0.2) is 4.79 Å². The molecule has 1 aliphatic rings. The smallest absolute Gasteiger partial charge is 0.315 e. The molecule has 0 aromatic carbocycles. The molecule has 0 radical (unpaired) electrons. The van der Waals surface area contributed by atoms with Crippen molar-refractivity contribution in [1.29, 1.82) is 0 Å². The van der Waals surface area contributed by atoms with Gasteiger partial charge in [0.05, 0.1) is 0 Å². The van der Waals surface area contributed by atoms with Gasteiger partial charge < -0.3 is 15.7 Å². The number of hydrogen-bond acceptors (Lipinski definition) is 4. The van der Waals surface area contributed by atoms with Crippen LogP contribution in [0.4, 0.5) is 4.79 Å². The lowest BCUT2D eigenvalue weighted by Gasteiger charge is -2.32. The molecule has 1 aromatic heterocycles. The van der Waals surface area contributed by atoms with Crippen molar-refractivity contribution < 1.29 is 9.90 Å². The number of carbonyl (C=O) groups is 1. The van der Waals surface area contributed by atoms with Crippen molar-refractivity contribution in [1.82, 2.24) is 15.5 Å². The number of nitrogens with zero attached hydrogens (tertiary/aromatic N) is 1. The van der Waals surface area contributed by atoms with Crippen molar-refractivity contribution in [3.8, 4) is 0 Å². The van der Waals surface area contributed by atoms with Crippen LogP contribution in [0.3, 0.4) is 0 Å². The lowest BCUT2D eigenvalue weighted by Crippen LogP contribution is -2.48. The number of aliphatic hydroxyl groups excluding tert-OH is 1. The highest BCUT2D eigenvalue weighted by molar-refractivity contribution is 7.10. The van der Waals surface area contributed by atoms with Crippen LogP contribution in [0.25, 0.3) is 0 Å². The van der Waals surface area contributed by atoms with Crippen molar-refractivity contribution in [2.45, 2.75) is 51.7 Å². The average molecular weight is 325 g/mol. The first-order valence-electron chi connectivity index (χ1n) is 8.04. The Hall–Kier alpha value is -1.11. The maximum Gasteiger partial charge on any atom is 0.315 e. The van der Waals surface area contributed by atoms with Crippen LogP contribution in [0.2, 0.25) is 0 Å². The summed E-state index contributed by atoms with van der Waals surface area (Å²) >= 11 is 1.85. The highest BCUT2D eigenvalue weighted by Gasteiger charge is 2.21. The molecular formula is C16H27N3O2S. The number of urea groups is 1. The maximum atomic E-state index is 11.9. The van der Waals surface area contributed by atoms with Crippen molar-refractivity contribution in [2.24, 2.45) is 0 Å². The Morgan fingerprint density at radius 2 is 2.32 bits per heavy atom. The largest absolute Gasteiger partial charge is 0.396 e. The number of rotatable bonds is 7. The van der Waals surface area contributed by atoms with E-state index in [1.54, 1.807) is 0 Å². The van der Waals surface area contributed by atoms with Gasteiger partial charge in [0.15, 0.2) is 0 Å². The number of thiophene rings is 1. The number of aliphatic hydroxyl groups is 1. The molecule has 2 rings (SSSR count). The van der Waals surface area contributed by atoms with Gasteiger partial charge in [0.1, 0.15) is 0 Å². The Morgan fingerprint density at radius 3 is 3.09 bits per heavy atom. The molecule has 5 nitrogen and oxygen atoms in total. The molecule has 22 heavy (non-hydrogen) atoms. The molecular weight excluding hydrogens is 298 g/mol. The van der Waals surface area contributed by atoms with Crippen LogP contribution in [0.1, 0.15) is 37.1 Å². The van der Waals surface area contributed by atoms with Crippen LogP contribution in [0.5, 0.6) is 0 Å². The molecule has 2 unspecified atom stereocenters. The fourth-order valence-corrected chi connectivity index (χ4v) is 3.65. The van der Waals surface area contributed by atoms with Crippen LogP contribution in [-0.4, -0.2) is 47.8 Å². The Balaban J connectivity index is 1.69. The van der Waals surface area contributed by atoms with Crippen molar-refractivity contribution >= 4 is 17.4 Å². The van der Waals surface area contributed by atoms with Crippen LogP contribution in [0, 0.1) is 0 Å². The molecule has 2 atom stereocenters. The van der Waals surface area contributed by atoms with E-state index >= 15 is 0 Å². The number of amides is 2. The molecule has 0 fully saturated rings. The van der Waals surface area contributed by atoms with Crippen molar-refractivity contribution in [3.63, 3.8) is 0 Å². The Bertz CT molecular complexity index is 478. The van der Waals surface area contributed by atoms with Crippen LogP contribution >= 0.6 is 11.3 Å². The summed E-state index contributed by atoms with van der Waals surface area (Å²) in [5, 5.41) is 16.8. The Kier molecular flexibility index (Phi) is 6.67. The summed E-state index contributed by atoms with van der Waals surface area (Å²) in [5.41, 5.74) is 1.44. The zero-order valence-electron chi connectivity index (χ0n) is 13.5. The second-order valence-electron chi connectivity index (χ2n) is 6.06. The third-order valence-corrected chi connectivity index (χ3v) is 5.21. The van der Waals surface area contributed by atoms with Gasteiger partial charge in [-0.3, -0.25) is 4.90 Å². The molecule has 2 heterocycles. The minimum absolute atomic E-state index is 0.0887. The van der Waals surface area contributed by atoms with E-state index in [0.29, 0.717) is 19.0 Å². The summed E-state index contributed by atoms with van der Waals surface area (Å²) in [7, 11) is 0. The molecule has 6 heteroatoms. The molecule has 3 N–H and O–H groups in total. The predicted molar refractivity (Wildman–Crippen MR) is 90.2 cm³/mol. The summed E-state index contributed by atoms with van der Waals surface area (Å²) in [4.78, 5) is 15.8. The van der Waals surface area contributed by atoms with Crippen LogP contribution < -0.4 is 10.6 Å². The first-order valence-corrected chi connectivity index (χ1v) is 8.92. The van der Waals surface area contributed by atoms with Gasteiger partial charge in [-0.05, 0) is 50.1 Å². The molecule has 0 spiro atoms. The maximum absolute atomic E-state index is 11.9. The minimum Gasteiger partial charge on any atom is -0.396 e. The Labute approximate surface area is 136 Å². The summed E-state index contributed by atoms with van der Waals surface area (Å²) in [6, 6.07) is 2.50. The van der Waals surface area contributed by atoms with Gasteiger partial charge >= 0.3 is 6.03 Å². The molecule has 1 aliphatic heterocycles. The van der Waals surface area contributed by atoms with E-state index < -0.39 is 0 Å². The van der Waals surface area contributed by atoms with Gasteiger partial charge in [-0.15, -0.1) is 11.3 Å². The van der Waals surface area contributed by atoms with Gasteiger partial charge in [0, 0.05) is 43.2 Å². The van der Waals surface area contributed by atoms with E-state index in [1.165, 1.54) is 10.4 Å². The Morgan fingerprint density at radius 1 is 1.50 bits per heavy atom. The minimum atomic E-state index is -0.120. The molecule has 0 saturated heterocycles. The van der Waals surface area contributed by atoms with E-state index in [0.717, 1.165) is 25.9 Å². The van der Waals surface area contributed by atoms with Gasteiger partial charge in [0.25, 0.3) is 0 Å². The number of fused-ring (bicyclic) bond motifs is 1. The molecule has 0 saturated carbocycles. The summed E-state index contributed by atoms with van der Waals surface area (Å²) in [6.45, 7) is 6.98. The normalized spacial score (nSPS) is 17.6. The van der Waals surface area contributed by atoms with E-state index in [1.807, 2.05) is 18.3 Å². The van der Waals surface area contributed by atoms with Gasteiger partial charge in [-0.2, -0.15) is 0 Å². The quantitative estimate of drug-likeness (QED) is 0.718. The fourth-order valence-electron chi connectivity index (χ4n) is 2.76.